The van der Waals surface area contributed by atoms with Crippen molar-refractivity contribution >= 4 is 28.9 Å². The maximum Gasteiger partial charge on any atom is 0.255 e. The smallest absolute Gasteiger partial charge is 0.255 e. The number of hydrogen-bond acceptors (Lipinski definition) is 3. The van der Waals surface area contributed by atoms with E-state index in [1.165, 1.54) is 25.5 Å². The first-order valence-electron chi connectivity index (χ1n) is 9.05. The Bertz CT molecular complexity index is 778. The lowest BCUT2D eigenvalue weighted by molar-refractivity contribution is -0.114. The van der Waals surface area contributed by atoms with Crippen molar-refractivity contribution in [2.24, 2.45) is 5.92 Å². The number of hydrogen-bond donors (Lipinski definition) is 2. The molecule has 1 fully saturated rings. The minimum atomic E-state index is -0.197. The van der Waals surface area contributed by atoms with Gasteiger partial charge in [-0.2, -0.15) is 0 Å². The van der Waals surface area contributed by atoms with E-state index < -0.39 is 0 Å². The standard InChI is InChI=1S/C21H25N3O2/c1-15-10-12-24(13-11-15)20-8-6-18(7-9-20)23-21(26)17-4-3-5-19(14-17)22-16(2)25/h3-9,14-15H,10-13H2,1-2H3,(H,22,25)(H,23,26). The van der Waals surface area contributed by atoms with Crippen LogP contribution in [0.2, 0.25) is 0 Å². The second-order valence-corrected chi connectivity index (χ2v) is 6.93. The van der Waals surface area contributed by atoms with Gasteiger partial charge < -0.3 is 15.5 Å². The van der Waals surface area contributed by atoms with Crippen molar-refractivity contribution in [2.75, 3.05) is 28.6 Å². The zero-order valence-corrected chi connectivity index (χ0v) is 15.3. The summed E-state index contributed by atoms with van der Waals surface area (Å²) in [6.45, 7) is 5.92. The second kappa shape index (κ2) is 8.04. The van der Waals surface area contributed by atoms with Gasteiger partial charge in [0, 0.05) is 42.6 Å². The third-order valence-corrected chi connectivity index (χ3v) is 4.72. The third-order valence-electron chi connectivity index (χ3n) is 4.72. The van der Waals surface area contributed by atoms with Gasteiger partial charge in [0.25, 0.3) is 5.91 Å². The van der Waals surface area contributed by atoms with Crippen molar-refractivity contribution in [1.29, 1.82) is 0 Å². The van der Waals surface area contributed by atoms with Crippen LogP contribution in [0.15, 0.2) is 48.5 Å². The first-order chi connectivity index (χ1) is 12.5. The highest BCUT2D eigenvalue weighted by atomic mass is 16.2. The Kier molecular flexibility index (Phi) is 5.56. The van der Waals surface area contributed by atoms with Gasteiger partial charge in [-0.15, -0.1) is 0 Å². The van der Waals surface area contributed by atoms with E-state index in [0.29, 0.717) is 11.3 Å². The predicted octanol–water partition coefficient (Wildman–Crippen LogP) is 4.13. The Morgan fingerprint density at radius 1 is 0.962 bits per heavy atom. The van der Waals surface area contributed by atoms with E-state index in [9.17, 15) is 9.59 Å². The summed E-state index contributed by atoms with van der Waals surface area (Å²) >= 11 is 0. The van der Waals surface area contributed by atoms with Gasteiger partial charge in [-0.3, -0.25) is 9.59 Å². The van der Waals surface area contributed by atoms with E-state index in [0.717, 1.165) is 24.7 Å². The fraction of sp³-hybridized carbons (Fsp3) is 0.333. The van der Waals surface area contributed by atoms with Crippen molar-refractivity contribution < 1.29 is 9.59 Å². The van der Waals surface area contributed by atoms with Crippen LogP contribution in [0.5, 0.6) is 0 Å². The van der Waals surface area contributed by atoms with Crippen LogP contribution >= 0.6 is 0 Å². The highest BCUT2D eigenvalue weighted by molar-refractivity contribution is 6.05. The average Bonchev–Trinajstić information content (AvgIpc) is 2.63. The second-order valence-electron chi connectivity index (χ2n) is 6.93. The molecule has 0 aliphatic carbocycles. The zero-order chi connectivity index (χ0) is 18.5. The van der Waals surface area contributed by atoms with E-state index in [2.05, 4.69) is 34.6 Å². The van der Waals surface area contributed by atoms with E-state index in [4.69, 9.17) is 0 Å². The van der Waals surface area contributed by atoms with Crippen molar-refractivity contribution in [1.82, 2.24) is 0 Å². The molecule has 1 aliphatic heterocycles. The van der Waals surface area contributed by atoms with Crippen molar-refractivity contribution in [3.05, 3.63) is 54.1 Å². The number of carbonyl (C=O) groups excluding carboxylic acids is 2. The number of rotatable bonds is 4. The van der Waals surface area contributed by atoms with Crippen LogP contribution in [0.3, 0.4) is 0 Å². The van der Waals surface area contributed by atoms with Gasteiger partial charge in [-0.1, -0.05) is 13.0 Å². The summed E-state index contributed by atoms with van der Waals surface area (Å²) in [7, 11) is 0. The SMILES string of the molecule is CC(=O)Nc1cccc(C(=O)Nc2ccc(N3CCC(C)CC3)cc2)c1. The number of benzene rings is 2. The van der Waals surface area contributed by atoms with Gasteiger partial charge in [0.2, 0.25) is 5.91 Å². The molecular weight excluding hydrogens is 326 g/mol. The molecule has 5 nitrogen and oxygen atoms in total. The summed E-state index contributed by atoms with van der Waals surface area (Å²) in [5, 5.41) is 5.59. The van der Waals surface area contributed by atoms with Gasteiger partial charge in [0.1, 0.15) is 0 Å². The highest BCUT2D eigenvalue weighted by Crippen LogP contribution is 2.24. The van der Waals surface area contributed by atoms with Crippen LogP contribution in [0.4, 0.5) is 17.1 Å². The maximum atomic E-state index is 12.4. The van der Waals surface area contributed by atoms with Gasteiger partial charge in [0.15, 0.2) is 0 Å². The summed E-state index contributed by atoms with van der Waals surface area (Å²) < 4.78 is 0. The van der Waals surface area contributed by atoms with Crippen LogP contribution < -0.4 is 15.5 Å². The number of carbonyl (C=O) groups is 2. The van der Waals surface area contributed by atoms with Crippen molar-refractivity contribution in [3.8, 4) is 0 Å². The van der Waals surface area contributed by atoms with Crippen LogP contribution in [0.25, 0.3) is 0 Å². The molecule has 2 N–H and O–H groups in total. The number of piperidine rings is 1. The van der Waals surface area contributed by atoms with Crippen LogP contribution in [-0.2, 0) is 4.79 Å². The third kappa shape index (κ3) is 4.63. The first kappa shape index (κ1) is 18.0. The Morgan fingerprint density at radius 3 is 2.31 bits per heavy atom. The fourth-order valence-corrected chi connectivity index (χ4v) is 3.17. The van der Waals surface area contributed by atoms with E-state index in [1.807, 2.05) is 12.1 Å². The molecule has 3 rings (SSSR count). The van der Waals surface area contributed by atoms with Gasteiger partial charge >= 0.3 is 0 Å². The fourth-order valence-electron chi connectivity index (χ4n) is 3.17. The Balaban J connectivity index is 1.63. The molecule has 26 heavy (non-hydrogen) atoms. The molecule has 0 bridgehead atoms. The summed E-state index contributed by atoms with van der Waals surface area (Å²) in [5.74, 6) is 0.445. The minimum absolute atomic E-state index is 0.162. The molecule has 0 unspecified atom stereocenters. The van der Waals surface area contributed by atoms with Crippen LogP contribution in [0, 0.1) is 5.92 Å². The highest BCUT2D eigenvalue weighted by Gasteiger charge is 2.16. The van der Waals surface area contributed by atoms with Crippen LogP contribution in [-0.4, -0.2) is 24.9 Å². The molecule has 2 aromatic carbocycles. The summed E-state index contributed by atoms with van der Waals surface area (Å²) in [6.07, 6.45) is 2.45. The molecule has 0 spiro atoms. The lowest BCUT2D eigenvalue weighted by atomic mass is 9.99. The summed E-state index contributed by atoms with van der Waals surface area (Å²) in [5.41, 5.74) is 3.07. The van der Waals surface area contributed by atoms with E-state index >= 15 is 0 Å². The molecular formula is C21H25N3O2. The number of nitrogens with zero attached hydrogens (tertiary/aromatic N) is 1. The number of amides is 2. The Labute approximate surface area is 154 Å². The predicted molar refractivity (Wildman–Crippen MR) is 106 cm³/mol. The average molecular weight is 351 g/mol. The molecule has 0 radical (unpaired) electrons. The maximum absolute atomic E-state index is 12.4. The molecule has 0 atom stereocenters. The van der Waals surface area contributed by atoms with Crippen molar-refractivity contribution in [3.63, 3.8) is 0 Å². The molecule has 5 heteroatoms. The number of anilines is 3. The normalized spacial score (nSPS) is 14.8. The minimum Gasteiger partial charge on any atom is -0.372 e. The van der Waals surface area contributed by atoms with Gasteiger partial charge in [0.05, 0.1) is 0 Å². The van der Waals surface area contributed by atoms with Gasteiger partial charge in [-0.05, 0) is 61.2 Å². The lowest BCUT2D eigenvalue weighted by Gasteiger charge is -2.32. The lowest BCUT2D eigenvalue weighted by Crippen LogP contribution is -2.32. The molecule has 2 aromatic rings. The number of nitrogens with one attached hydrogen (secondary N) is 2. The topological polar surface area (TPSA) is 61.4 Å². The molecule has 1 aliphatic rings. The first-order valence-corrected chi connectivity index (χ1v) is 9.05. The Morgan fingerprint density at radius 2 is 1.65 bits per heavy atom. The van der Waals surface area contributed by atoms with Crippen LogP contribution in [0.1, 0.15) is 37.0 Å². The molecule has 1 heterocycles. The molecule has 2 amide bonds. The Hall–Kier alpha value is -2.82. The molecule has 136 valence electrons. The monoisotopic (exact) mass is 351 g/mol. The largest absolute Gasteiger partial charge is 0.372 e. The quantitative estimate of drug-likeness (QED) is 0.870. The zero-order valence-electron chi connectivity index (χ0n) is 15.3. The van der Waals surface area contributed by atoms with Gasteiger partial charge in [-0.25, -0.2) is 0 Å². The summed E-state index contributed by atoms with van der Waals surface area (Å²) in [4.78, 5) is 26.0. The van der Waals surface area contributed by atoms with Crippen molar-refractivity contribution in [2.45, 2.75) is 26.7 Å². The summed E-state index contributed by atoms with van der Waals surface area (Å²) in [6, 6.07) is 14.9. The molecule has 0 saturated carbocycles. The van der Waals surface area contributed by atoms with E-state index in [1.54, 1.807) is 24.3 Å². The van der Waals surface area contributed by atoms with E-state index in [-0.39, 0.29) is 11.8 Å². The molecule has 0 aromatic heterocycles. The molecule has 1 saturated heterocycles.